The molecule has 0 unspecified atom stereocenters. The molecule has 0 bridgehead atoms. The van der Waals surface area contributed by atoms with Crippen LogP contribution >= 0.6 is 0 Å². The van der Waals surface area contributed by atoms with E-state index >= 15 is 0 Å². The van der Waals surface area contributed by atoms with E-state index in [0.29, 0.717) is 22.6 Å². The highest BCUT2D eigenvalue weighted by Crippen LogP contribution is 2.28. The van der Waals surface area contributed by atoms with E-state index in [1.54, 1.807) is 31.2 Å². The summed E-state index contributed by atoms with van der Waals surface area (Å²) in [7, 11) is 1.29. The van der Waals surface area contributed by atoms with Crippen molar-refractivity contribution < 1.29 is 19.1 Å². The van der Waals surface area contributed by atoms with Gasteiger partial charge in [-0.15, -0.1) is 0 Å². The summed E-state index contributed by atoms with van der Waals surface area (Å²) in [6.07, 6.45) is 0. The van der Waals surface area contributed by atoms with Crippen molar-refractivity contribution in [2.45, 2.75) is 13.0 Å². The van der Waals surface area contributed by atoms with Gasteiger partial charge in [-0.1, -0.05) is 12.1 Å². The van der Waals surface area contributed by atoms with Crippen LogP contribution in [0.15, 0.2) is 35.5 Å². The molecule has 0 aliphatic carbocycles. The van der Waals surface area contributed by atoms with Crippen molar-refractivity contribution in [3.8, 4) is 11.8 Å². The lowest BCUT2D eigenvalue weighted by Crippen LogP contribution is -2.45. The zero-order chi connectivity index (χ0) is 16.1. The van der Waals surface area contributed by atoms with Crippen LogP contribution in [0.25, 0.3) is 0 Å². The molecule has 2 rings (SSSR count). The van der Waals surface area contributed by atoms with E-state index in [9.17, 15) is 9.59 Å². The van der Waals surface area contributed by atoms with Gasteiger partial charge in [-0.05, 0) is 24.6 Å². The molecular weight excluding hydrogens is 286 g/mol. The number of methoxy groups -OCH3 is 1. The molecule has 7 heteroatoms. The van der Waals surface area contributed by atoms with Crippen molar-refractivity contribution in [2.75, 3.05) is 13.7 Å². The quantitative estimate of drug-likeness (QED) is 0.818. The Labute approximate surface area is 127 Å². The molecule has 1 aromatic rings. The van der Waals surface area contributed by atoms with Crippen molar-refractivity contribution in [1.29, 1.82) is 5.26 Å². The normalized spacial score (nSPS) is 17.1. The van der Waals surface area contributed by atoms with Crippen LogP contribution in [0.5, 0.6) is 5.75 Å². The Hall–Kier alpha value is -3.01. The molecule has 1 aliphatic heterocycles. The molecular formula is C15H15N3O4. The van der Waals surface area contributed by atoms with E-state index < -0.39 is 12.0 Å². The number of allylic oxidation sites excluding steroid dienone is 1. The summed E-state index contributed by atoms with van der Waals surface area (Å²) in [6, 6.07) is 7.67. The van der Waals surface area contributed by atoms with E-state index in [1.807, 2.05) is 6.07 Å². The number of rotatable bonds is 4. The second-order valence-electron chi connectivity index (χ2n) is 4.58. The Morgan fingerprint density at radius 2 is 2.05 bits per heavy atom. The zero-order valence-electron chi connectivity index (χ0n) is 12.2. The van der Waals surface area contributed by atoms with Crippen LogP contribution in [-0.4, -0.2) is 25.7 Å². The average Bonchev–Trinajstić information content (AvgIpc) is 2.52. The largest absolute Gasteiger partial charge is 0.479 e. The molecule has 0 saturated carbocycles. The SMILES string of the molecule is COC(=O)C1=C(C)NC(=O)N[C@@H]1c1ccc(OCC#N)cc1. The minimum Gasteiger partial charge on any atom is -0.479 e. The molecule has 0 radical (unpaired) electrons. The van der Waals surface area contributed by atoms with E-state index in [4.69, 9.17) is 14.7 Å². The fourth-order valence-corrected chi connectivity index (χ4v) is 2.20. The standard InChI is InChI=1S/C15H15N3O4/c1-9-12(14(19)21-2)13(18-15(20)17-9)10-3-5-11(6-4-10)22-8-7-16/h3-6,13H,8H2,1-2H3,(H2,17,18,20)/t13-/m1/s1. The lowest BCUT2D eigenvalue weighted by Gasteiger charge is -2.27. The fourth-order valence-electron chi connectivity index (χ4n) is 2.20. The highest BCUT2D eigenvalue weighted by molar-refractivity contribution is 5.94. The Morgan fingerprint density at radius 1 is 1.36 bits per heavy atom. The van der Waals surface area contributed by atoms with Crippen LogP contribution in [0.1, 0.15) is 18.5 Å². The molecule has 2 amide bonds. The predicted octanol–water partition coefficient (Wildman–Crippen LogP) is 1.39. The number of carbonyl (C=O) groups excluding carboxylic acids is 2. The number of hydrogen-bond acceptors (Lipinski definition) is 5. The highest BCUT2D eigenvalue weighted by Gasteiger charge is 2.31. The first-order valence-electron chi connectivity index (χ1n) is 6.53. The van der Waals surface area contributed by atoms with Crippen LogP contribution in [0.3, 0.4) is 0 Å². The van der Waals surface area contributed by atoms with Gasteiger partial charge < -0.3 is 20.1 Å². The van der Waals surface area contributed by atoms with Gasteiger partial charge in [-0.25, -0.2) is 9.59 Å². The van der Waals surface area contributed by atoms with Gasteiger partial charge >= 0.3 is 12.0 Å². The van der Waals surface area contributed by atoms with E-state index in [-0.39, 0.29) is 12.6 Å². The summed E-state index contributed by atoms with van der Waals surface area (Å²) >= 11 is 0. The van der Waals surface area contributed by atoms with Gasteiger partial charge in [-0.3, -0.25) is 0 Å². The molecule has 1 aromatic carbocycles. The monoisotopic (exact) mass is 301 g/mol. The summed E-state index contributed by atoms with van der Waals surface area (Å²) in [6.45, 7) is 1.60. The molecule has 114 valence electrons. The van der Waals surface area contributed by atoms with E-state index in [2.05, 4.69) is 10.6 Å². The summed E-state index contributed by atoms with van der Waals surface area (Å²) in [5, 5.41) is 13.7. The number of carbonyl (C=O) groups is 2. The minimum absolute atomic E-state index is 0.0458. The first-order chi connectivity index (χ1) is 10.6. The molecule has 7 nitrogen and oxygen atoms in total. The number of nitrogens with one attached hydrogen (secondary N) is 2. The first-order valence-corrected chi connectivity index (χ1v) is 6.53. The van der Waals surface area contributed by atoms with Crippen molar-refractivity contribution in [3.63, 3.8) is 0 Å². The Kier molecular flexibility index (Phi) is 4.63. The number of nitrogens with zero attached hydrogens (tertiary/aromatic N) is 1. The number of urea groups is 1. The number of amides is 2. The molecule has 0 spiro atoms. The van der Waals surface area contributed by atoms with E-state index in [1.165, 1.54) is 7.11 Å². The van der Waals surface area contributed by atoms with Crippen molar-refractivity contribution in [3.05, 3.63) is 41.1 Å². The smallest absolute Gasteiger partial charge is 0.337 e. The molecule has 0 saturated heterocycles. The summed E-state index contributed by atoms with van der Waals surface area (Å²) in [5.74, 6) is 0.0192. The Morgan fingerprint density at radius 3 is 2.64 bits per heavy atom. The molecule has 0 fully saturated rings. The van der Waals surface area contributed by atoms with Gasteiger partial charge in [-0.2, -0.15) is 5.26 Å². The third kappa shape index (κ3) is 3.17. The molecule has 1 heterocycles. The van der Waals surface area contributed by atoms with Gasteiger partial charge in [0.15, 0.2) is 6.61 Å². The minimum atomic E-state index is -0.605. The van der Waals surface area contributed by atoms with E-state index in [0.717, 1.165) is 0 Å². The maximum absolute atomic E-state index is 11.9. The maximum atomic E-state index is 11.9. The second-order valence-corrected chi connectivity index (χ2v) is 4.58. The summed E-state index contributed by atoms with van der Waals surface area (Å²) in [4.78, 5) is 23.6. The second kappa shape index (κ2) is 6.63. The fraction of sp³-hybridized carbons (Fsp3) is 0.267. The maximum Gasteiger partial charge on any atom is 0.337 e. The number of hydrogen-bond donors (Lipinski definition) is 2. The lowest BCUT2D eigenvalue weighted by molar-refractivity contribution is -0.136. The topological polar surface area (TPSA) is 100 Å². The Bertz CT molecular complexity index is 658. The number of esters is 1. The first kappa shape index (κ1) is 15.4. The van der Waals surface area contributed by atoms with Gasteiger partial charge in [0.1, 0.15) is 11.8 Å². The third-order valence-corrected chi connectivity index (χ3v) is 3.19. The number of benzene rings is 1. The highest BCUT2D eigenvalue weighted by atomic mass is 16.5. The van der Waals surface area contributed by atoms with Crippen LogP contribution in [0.4, 0.5) is 4.79 Å². The van der Waals surface area contributed by atoms with Crippen LogP contribution < -0.4 is 15.4 Å². The van der Waals surface area contributed by atoms with Gasteiger partial charge in [0.2, 0.25) is 0 Å². The molecule has 22 heavy (non-hydrogen) atoms. The molecule has 1 aliphatic rings. The van der Waals surface area contributed by atoms with Crippen molar-refractivity contribution >= 4 is 12.0 Å². The molecule has 1 atom stereocenters. The predicted molar refractivity (Wildman–Crippen MR) is 76.7 cm³/mol. The molecule has 0 aromatic heterocycles. The molecule has 2 N–H and O–H groups in total. The lowest BCUT2D eigenvalue weighted by atomic mass is 9.95. The zero-order valence-corrected chi connectivity index (χ0v) is 12.2. The third-order valence-electron chi connectivity index (χ3n) is 3.19. The summed E-state index contributed by atoms with van der Waals surface area (Å²) < 4.78 is 9.95. The van der Waals surface area contributed by atoms with Gasteiger partial charge in [0.25, 0.3) is 0 Å². The van der Waals surface area contributed by atoms with Gasteiger partial charge in [0, 0.05) is 5.70 Å². The van der Waals surface area contributed by atoms with Crippen LogP contribution in [0.2, 0.25) is 0 Å². The number of ether oxygens (including phenoxy) is 2. The van der Waals surface area contributed by atoms with Crippen molar-refractivity contribution in [1.82, 2.24) is 10.6 Å². The average molecular weight is 301 g/mol. The summed E-state index contributed by atoms with van der Waals surface area (Å²) in [5.41, 5.74) is 1.50. The van der Waals surface area contributed by atoms with Crippen LogP contribution in [-0.2, 0) is 9.53 Å². The van der Waals surface area contributed by atoms with Crippen LogP contribution in [0, 0.1) is 11.3 Å². The van der Waals surface area contributed by atoms with Crippen molar-refractivity contribution in [2.24, 2.45) is 0 Å². The van der Waals surface area contributed by atoms with Gasteiger partial charge in [0.05, 0.1) is 18.7 Å². The Balaban J connectivity index is 2.32. The number of nitriles is 1.